The zero-order valence-corrected chi connectivity index (χ0v) is 13.6. The van der Waals surface area contributed by atoms with Gasteiger partial charge in [0.25, 0.3) is 0 Å². The summed E-state index contributed by atoms with van der Waals surface area (Å²) in [7, 11) is 0. The smallest absolute Gasteiger partial charge is 0.325 e. The highest BCUT2D eigenvalue weighted by Crippen LogP contribution is 2.30. The van der Waals surface area contributed by atoms with E-state index >= 15 is 0 Å². The average Bonchev–Trinajstić information content (AvgIpc) is 2.52. The van der Waals surface area contributed by atoms with Crippen LogP contribution < -0.4 is 10.6 Å². The molecule has 24 heavy (non-hydrogen) atoms. The second-order valence-electron chi connectivity index (χ2n) is 5.28. The largest absolute Gasteiger partial charge is 0.416 e. The van der Waals surface area contributed by atoms with E-state index in [0.29, 0.717) is 5.02 Å². The number of alkyl halides is 3. The maximum atomic E-state index is 12.6. The Kier molecular flexibility index (Phi) is 5.85. The lowest BCUT2D eigenvalue weighted by Gasteiger charge is -2.15. The van der Waals surface area contributed by atoms with Crippen LogP contribution in [0.25, 0.3) is 0 Å². The van der Waals surface area contributed by atoms with Crippen molar-refractivity contribution in [3.63, 3.8) is 0 Å². The number of benzene rings is 2. The quantitative estimate of drug-likeness (QED) is 0.818. The molecule has 7 heteroatoms. The highest BCUT2D eigenvalue weighted by molar-refractivity contribution is 6.30. The van der Waals surface area contributed by atoms with Gasteiger partial charge in [0.15, 0.2) is 0 Å². The Morgan fingerprint density at radius 2 is 1.88 bits per heavy atom. The number of nitrogens with one attached hydrogen (secondary N) is 2. The third-order valence-electron chi connectivity index (χ3n) is 3.39. The molecule has 0 aliphatic carbocycles. The molecule has 128 valence electrons. The van der Waals surface area contributed by atoms with Crippen LogP contribution in [0.1, 0.15) is 24.1 Å². The molecule has 0 aliphatic heterocycles. The zero-order chi connectivity index (χ0) is 17.7. The second-order valence-corrected chi connectivity index (χ2v) is 5.72. The van der Waals surface area contributed by atoms with Crippen LogP contribution in [0.2, 0.25) is 5.02 Å². The number of rotatable bonds is 5. The maximum Gasteiger partial charge on any atom is 0.416 e. The maximum absolute atomic E-state index is 12.6. The van der Waals surface area contributed by atoms with Crippen LogP contribution in [0.3, 0.4) is 0 Å². The Hall–Kier alpha value is -2.05. The zero-order valence-electron chi connectivity index (χ0n) is 12.8. The van der Waals surface area contributed by atoms with E-state index in [2.05, 4.69) is 10.6 Å². The van der Waals surface area contributed by atoms with Crippen LogP contribution >= 0.6 is 11.6 Å². The SMILES string of the molecule is C[C@H](NCC(=O)Nc1cccc(C(F)(F)F)c1)c1cccc(Cl)c1. The molecule has 1 amide bonds. The van der Waals surface area contributed by atoms with Crippen molar-refractivity contribution in [1.29, 1.82) is 0 Å². The van der Waals surface area contributed by atoms with Crippen molar-refractivity contribution in [2.24, 2.45) is 0 Å². The molecule has 1 atom stereocenters. The van der Waals surface area contributed by atoms with Gasteiger partial charge in [0.05, 0.1) is 12.1 Å². The van der Waals surface area contributed by atoms with Gasteiger partial charge in [-0.3, -0.25) is 4.79 Å². The van der Waals surface area contributed by atoms with Crippen LogP contribution in [0.4, 0.5) is 18.9 Å². The minimum absolute atomic E-state index is 0.0378. The predicted octanol–water partition coefficient (Wildman–Crippen LogP) is 4.65. The third-order valence-corrected chi connectivity index (χ3v) is 3.63. The van der Waals surface area contributed by atoms with Crippen LogP contribution in [0.5, 0.6) is 0 Å². The molecule has 0 bridgehead atoms. The molecular formula is C17H16ClF3N2O. The number of carbonyl (C=O) groups is 1. The molecule has 0 saturated heterocycles. The Morgan fingerprint density at radius 3 is 2.54 bits per heavy atom. The number of anilines is 1. The van der Waals surface area contributed by atoms with Crippen LogP contribution in [-0.2, 0) is 11.0 Å². The van der Waals surface area contributed by atoms with Gasteiger partial charge >= 0.3 is 6.18 Å². The first-order chi connectivity index (χ1) is 11.3. The van der Waals surface area contributed by atoms with Gasteiger partial charge in [0.2, 0.25) is 5.91 Å². The van der Waals surface area contributed by atoms with Crippen molar-refractivity contribution in [2.45, 2.75) is 19.1 Å². The molecule has 2 aromatic rings. The number of carbonyl (C=O) groups excluding carboxylic acids is 1. The molecule has 2 N–H and O–H groups in total. The van der Waals surface area contributed by atoms with Crippen molar-refractivity contribution in [2.75, 3.05) is 11.9 Å². The van der Waals surface area contributed by atoms with E-state index in [9.17, 15) is 18.0 Å². The van der Waals surface area contributed by atoms with E-state index < -0.39 is 17.6 Å². The molecule has 0 aliphatic rings. The standard InChI is InChI=1S/C17H16ClF3N2O/c1-11(12-4-2-6-14(18)8-12)22-10-16(24)23-15-7-3-5-13(9-15)17(19,20)21/h2-9,11,22H,10H2,1H3,(H,23,24)/t11-/m0/s1. The Balaban J connectivity index is 1.92. The topological polar surface area (TPSA) is 41.1 Å². The van der Waals surface area contributed by atoms with Gasteiger partial charge in [-0.25, -0.2) is 0 Å². The molecule has 0 spiro atoms. The molecule has 2 rings (SSSR count). The highest BCUT2D eigenvalue weighted by atomic mass is 35.5. The summed E-state index contributed by atoms with van der Waals surface area (Å²) in [5, 5.41) is 6.04. The minimum atomic E-state index is -4.44. The number of hydrogen-bond acceptors (Lipinski definition) is 2. The minimum Gasteiger partial charge on any atom is -0.325 e. The van der Waals surface area contributed by atoms with Gasteiger partial charge in [0.1, 0.15) is 0 Å². The summed E-state index contributed by atoms with van der Waals surface area (Å²) in [5.41, 5.74) is 0.210. The molecule has 0 unspecified atom stereocenters. The number of halogens is 4. The van der Waals surface area contributed by atoms with E-state index in [4.69, 9.17) is 11.6 Å². The summed E-state index contributed by atoms with van der Waals surface area (Å²) in [6.45, 7) is 1.83. The monoisotopic (exact) mass is 356 g/mol. The Morgan fingerprint density at radius 1 is 1.17 bits per heavy atom. The Labute approximate surface area is 142 Å². The van der Waals surface area contributed by atoms with Crippen molar-refractivity contribution in [1.82, 2.24) is 5.32 Å². The van der Waals surface area contributed by atoms with E-state index in [-0.39, 0.29) is 18.3 Å². The molecular weight excluding hydrogens is 341 g/mol. The fraction of sp³-hybridized carbons (Fsp3) is 0.235. The lowest BCUT2D eigenvalue weighted by Crippen LogP contribution is -2.30. The number of hydrogen-bond donors (Lipinski definition) is 2. The van der Waals surface area contributed by atoms with Gasteiger partial charge in [-0.2, -0.15) is 13.2 Å². The second kappa shape index (κ2) is 7.68. The molecule has 0 fully saturated rings. The van der Waals surface area contributed by atoms with Crippen LogP contribution in [0.15, 0.2) is 48.5 Å². The lowest BCUT2D eigenvalue weighted by atomic mass is 10.1. The molecule has 0 aromatic heterocycles. The summed E-state index contributed by atoms with van der Waals surface area (Å²) in [6, 6.07) is 11.6. The van der Waals surface area contributed by atoms with Crippen LogP contribution in [0, 0.1) is 0 Å². The van der Waals surface area contributed by atoms with E-state index in [1.54, 1.807) is 18.2 Å². The first-order valence-corrected chi connectivity index (χ1v) is 7.59. The van der Waals surface area contributed by atoms with Gasteiger partial charge < -0.3 is 10.6 Å². The van der Waals surface area contributed by atoms with Gasteiger partial charge in [-0.05, 0) is 42.8 Å². The fourth-order valence-corrected chi connectivity index (χ4v) is 2.32. The van der Waals surface area contributed by atoms with Gasteiger partial charge in [0, 0.05) is 16.8 Å². The highest BCUT2D eigenvalue weighted by Gasteiger charge is 2.30. The van der Waals surface area contributed by atoms with Crippen LogP contribution in [-0.4, -0.2) is 12.5 Å². The van der Waals surface area contributed by atoms with Crippen molar-refractivity contribution in [3.05, 3.63) is 64.7 Å². The summed E-state index contributed by atoms with van der Waals surface area (Å²) in [6.07, 6.45) is -4.44. The summed E-state index contributed by atoms with van der Waals surface area (Å²) in [5.74, 6) is -0.428. The van der Waals surface area contributed by atoms with Crippen molar-refractivity contribution >= 4 is 23.2 Å². The van der Waals surface area contributed by atoms with E-state index in [0.717, 1.165) is 17.7 Å². The fourth-order valence-electron chi connectivity index (χ4n) is 2.12. The predicted molar refractivity (Wildman–Crippen MR) is 87.9 cm³/mol. The molecule has 0 radical (unpaired) electrons. The Bertz CT molecular complexity index is 719. The first kappa shape index (κ1) is 18.3. The third kappa shape index (κ3) is 5.25. The average molecular weight is 357 g/mol. The molecule has 3 nitrogen and oxygen atoms in total. The van der Waals surface area contributed by atoms with Crippen molar-refractivity contribution < 1.29 is 18.0 Å². The molecule has 2 aromatic carbocycles. The summed E-state index contributed by atoms with van der Waals surface area (Å²) < 4.78 is 37.9. The van der Waals surface area contributed by atoms with E-state index in [1.165, 1.54) is 12.1 Å². The van der Waals surface area contributed by atoms with Crippen molar-refractivity contribution in [3.8, 4) is 0 Å². The first-order valence-electron chi connectivity index (χ1n) is 7.21. The van der Waals surface area contributed by atoms with Gasteiger partial charge in [-0.1, -0.05) is 29.8 Å². The molecule has 0 heterocycles. The lowest BCUT2D eigenvalue weighted by molar-refractivity contribution is -0.137. The molecule has 0 saturated carbocycles. The summed E-state index contributed by atoms with van der Waals surface area (Å²) >= 11 is 5.91. The summed E-state index contributed by atoms with van der Waals surface area (Å²) in [4.78, 5) is 11.9. The number of amides is 1. The van der Waals surface area contributed by atoms with Gasteiger partial charge in [-0.15, -0.1) is 0 Å². The van der Waals surface area contributed by atoms with E-state index in [1.807, 2.05) is 13.0 Å². The normalized spacial score (nSPS) is 12.7.